The molecule has 0 aliphatic rings. The van der Waals surface area contributed by atoms with Crippen LogP contribution in [0.4, 0.5) is 0 Å². The van der Waals surface area contributed by atoms with E-state index in [9.17, 15) is 43.2 Å². The molecule has 0 saturated carbocycles. The van der Waals surface area contributed by atoms with Crippen molar-refractivity contribution in [2.45, 2.75) is 516 Å². The number of unbranched alkanes of at least 4 members (excludes halogenated alkanes) is 59. The number of phosphoric ester groups is 2. The van der Waals surface area contributed by atoms with E-state index in [0.717, 1.165) is 102 Å². The smallest absolute Gasteiger partial charge is 0.462 e. The van der Waals surface area contributed by atoms with Gasteiger partial charge in [0, 0.05) is 25.7 Å². The van der Waals surface area contributed by atoms with Crippen molar-refractivity contribution in [1.82, 2.24) is 0 Å². The summed E-state index contributed by atoms with van der Waals surface area (Å²) < 4.78 is 69.1. The highest BCUT2D eigenvalue weighted by Crippen LogP contribution is 2.45. The minimum absolute atomic E-state index is 0.108. The first-order chi connectivity index (χ1) is 53.9. The molecule has 0 bridgehead atoms. The van der Waals surface area contributed by atoms with E-state index in [2.05, 4.69) is 41.5 Å². The van der Waals surface area contributed by atoms with Crippen LogP contribution in [0.5, 0.6) is 0 Å². The van der Waals surface area contributed by atoms with Gasteiger partial charge in [-0.1, -0.05) is 446 Å². The van der Waals surface area contributed by atoms with E-state index in [0.29, 0.717) is 25.7 Å². The molecule has 111 heavy (non-hydrogen) atoms. The number of hydrogen-bond donors (Lipinski definition) is 3. The van der Waals surface area contributed by atoms with Gasteiger partial charge in [0.2, 0.25) is 0 Å². The zero-order valence-corrected chi connectivity index (χ0v) is 75.1. The topological polar surface area (TPSA) is 237 Å². The molecule has 19 heteroatoms. The Labute approximate surface area is 683 Å². The van der Waals surface area contributed by atoms with Gasteiger partial charge in [-0.25, -0.2) is 9.13 Å². The van der Waals surface area contributed by atoms with Gasteiger partial charge in [-0.2, -0.15) is 0 Å². The fraction of sp³-hybridized carbons (Fsp3) is 0.957. The molecule has 0 radical (unpaired) electrons. The van der Waals surface area contributed by atoms with Crippen LogP contribution in [-0.4, -0.2) is 96.7 Å². The number of carbonyl (C=O) groups excluding carboxylic acids is 4. The number of hydrogen-bond acceptors (Lipinski definition) is 15. The minimum Gasteiger partial charge on any atom is -0.462 e. The van der Waals surface area contributed by atoms with Crippen molar-refractivity contribution in [3.05, 3.63) is 0 Å². The van der Waals surface area contributed by atoms with Crippen molar-refractivity contribution in [2.24, 2.45) is 11.8 Å². The molecule has 0 aliphatic carbocycles. The van der Waals surface area contributed by atoms with E-state index >= 15 is 0 Å². The second-order valence-corrected chi connectivity index (χ2v) is 36.4. The normalized spacial score (nSPS) is 14.2. The van der Waals surface area contributed by atoms with Crippen LogP contribution < -0.4 is 0 Å². The zero-order valence-electron chi connectivity index (χ0n) is 73.3. The number of esters is 4. The van der Waals surface area contributed by atoms with Crippen molar-refractivity contribution in [3.8, 4) is 0 Å². The molecule has 660 valence electrons. The van der Waals surface area contributed by atoms with Gasteiger partial charge in [0.15, 0.2) is 12.2 Å². The van der Waals surface area contributed by atoms with E-state index in [1.165, 1.54) is 315 Å². The Morgan fingerprint density at radius 1 is 0.252 bits per heavy atom. The van der Waals surface area contributed by atoms with Gasteiger partial charge < -0.3 is 33.8 Å². The molecule has 17 nitrogen and oxygen atoms in total. The van der Waals surface area contributed by atoms with Gasteiger partial charge in [0.05, 0.1) is 26.4 Å². The number of ether oxygens (including phenoxy) is 4. The van der Waals surface area contributed by atoms with E-state index in [1.807, 2.05) is 0 Å². The average Bonchev–Trinajstić information content (AvgIpc) is 0.896. The van der Waals surface area contributed by atoms with Crippen molar-refractivity contribution in [3.63, 3.8) is 0 Å². The molecule has 7 atom stereocenters. The van der Waals surface area contributed by atoms with E-state index in [-0.39, 0.29) is 25.7 Å². The lowest BCUT2D eigenvalue weighted by atomic mass is 9.99. The molecule has 0 rings (SSSR count). The second kappa shape index (κ2) is 83.1. The predicted molar refractivity (Wildman–Crippen MR) is 460 cm³/mol. The van der Waals surface area contributed by atoms with Crippen LogP contribution in [0.3, 0.4) is 0 Å². The Morgan fingerprint density at radius 2 is 0.432 bits per heavy atom. The summed E-state index contributed by atoms with van der Waals surface area (Å²) in [6.45, 7) is 9.83. The molecule has 0 heterocycles. The summed E-state index contributed by atoms with van der Waals surface area (Å²) in [5, 5.41) is 10.7. The van der Waals surface area contributed by atoms with Crippen molar-refractivity contribution < 1.29 is 80.2 Å². The largest absolute Gasteiger partial charge is 0.472 e. The lowest BCUT2D eigenvalue weighted by Crippen LogP contribution is -2.30. The van der Waals surface area contributed by atoms with Crippen molar-refractivity contribution >= 4 is 39.5 Å². The van der Waals surface area contributed by atoms with Gasteiger partial charge in [0.1, 0.15) is 19.3 Å². The zero-order chi connectivity index (χ0) is 81.3. The van der Waals surface area contributed by atoms with Gasteiger partial charge in [-0.3, -0.25) is 37.3 Å². The Balaban J connectivity index is 5.23. The maximum absolute atomic E-state index is 13.2. The first-order valence-corrected chi connectivity index (χ1v) is 50.6. The minimum atomic E-state index is -4.97. The summed E-state index contributed by atoms with van der Waals surface area (Å²) in [4.78, 5) is 73.4. The first-order valence-electron chi connectivity index (χ1n) is 47.6. The molecule has 0 aromatic rings. The van der Waals surface area contributed by atoms with Gasteiger partial charge in [-0.15, -0.1) is 0 Å². The molecule has 3 N–H and O–H groups in total. The molecular formula is C92H180O17P2. The summed E-state index contributed by atoms with van der Waals surface area (Å²) in [5.41, 5.74) is 0. The van der Waals surface area contributed by atoms with Gasteiger partial charge in [0.25, 0.3) is 0 Å². The van der Waals surface area contributed by atoms with Crippen molar-refractivity contribution in [2.75, 3.05) is 39.6 Å². The SMILES string of the molecule is CCCCCCCCCCCCCCCCCCCCCCC(=O)OC[C@H](COP(=O)(O)OC[C@@H](O)COP(=O)(O)OC[C@@H](COC(=O)CCCCCCCCCCCCC)OC(=O)CCCCCCCCCCCCCCCCC(C)CC)OC(=O)CCCCCCCCCCCCCCCCCCCCC(C)CC. The molecule has 0 amide bonds. The van der Waals surface area contributed by atoms with Crippen LogP contribution in [0.1, 0.15) is 497 Å². The average molecular weight is 1620 g/mol. The Kier molecular flexibility index (Phi) is 81.7. The number of carbonyl (C=O) groups is 4. The van der Waals surface area contributed by atoms with Gasteiger partial charge in [-0.05, 0) is 37.5 Å². The van der Waals surface area contributed by atoms with Crippen LogP contribution in [-0.2, 0) is 65.4 Å². The van der Waals surface area contributed by atoms with E-state index < -0.39 is 97.5 Å². The van der Waals surface area contributed by atoms with Crippen molar-refractivity contribution in [1.29, 1.82) is 0 Å². The molecule has 0 spiro atoms. The number of rotatable bonds is 91. The molecular weight excluding hydrogens is 1440 g/mol. The fourth-order valence-corrected chi connectivity index (χ4v) is 16.0. The second-order valence-electron chi connectivity index (χ2n) is 33.5. The molecule has 0 saturated heterocycles. The summed E-state index contributed by atoms with van der Waals surface area (Å²) >= 11 is 0. The maximum atomic E-state index is 13.2. The van der Waals surface area contributed by atoms with E-state index in [4.69, 9.17) is 37.0 Å². The molecule has 0 fully saturated rings. The summed E-state index contributed by atoms with van der Waals surface area (Å²) in [5.74, 6) is -0.377. The van der Waals surface area contributed by atoms with Crippen LogP contribution in [0, 0.1) is 11.8 Å². The summed E-state index contributed by atoms with van der Waals surface area (Å²) in [6, 6.07) is 0. The highest BCUT2D eigenvalue weighted by molar-refractivity contribution is 7.47. The Morgan fingerprint density at radius 3 is 0.640 bits per heavy atom. The number of phosphoric acid groups is 2. The maximum Gasteiger partial charge on any atom is 0.472 e. The molecule has 0 aliphatic heterocycles. The van der Waals surface area contributed by atoms with Gasteiger partial charge >= 0.3 is 39.5 Å². The number of aliphatic hydroxyl groups is 1. The van der Waals surface area contributed by atoms with Crippen LogP contribution in [0.2, 0.25) is 0 Å². The third kappa shape index (κ3) is 82.9. The quantitative estimate of drug-likeness (QED) is 0.0222. The first kappa shape index (κ1) is 109. The Hall–Kier alpha value is -1.94. The van der Waals surface area contributed by atoms with Crippen LogP contribution in [0.15, 0.2) is 0 Å². The van der Waals surface area contributed by atoms with E-state index in [1.54, 1.807) is 0 Å². The molecule has 0 aromatic heterocycles. The number of aliphatic hydroxyl groups excluding tert-OH is 1. The lowest BCUT2D eigenvalue weighted by molar-refractivity contribution is -0.161. The Bertz CT molecular complexity index is 2120. The third-order valence-electron chi connectivity index (χ3n) is 22.4. The summed E-state index contributed by atoms with van der Waals surface area (Å²) in [7, 11) is -9.94. The monoisotopic (exact) mass is 1620 g/mol. The summed E-state index contributed by atoms with van der Waals surface area (Å²) in [6.07, 6.45) is 77.7. The van der Waals surface area contributed by atoms with Crippen LogP contribution >= 0.6 is 15.6 Å². The fourth-order valence-electron chi connectivity index (χ4n) is 14.4. The third-order valence-corrected chi connectivity index (χ3v) is 24.3. The van der Waals surface area contributed by atoms with Crippen LogP contribution in [0.25, 0.3) is 0 Å². The molecule has 4 unspecified atom stereocenters. The highest BCUT2D eigenvalue weighted by atomic mass is 31.2. The highest BCUT2D eigenvalue weighted by Gasteiger charge is 2.31. The lowest BCUT2D eigenvalue weighted by Gasteiger charge is -2.21. The molecule has 0 aromatic carbocycles. The predicted octanol–water partition coefficient (Wildman–Crippen LogP) is 28.6. The standard InChI is InChI=1S/C92H180O17P2/c1-7-11-13-15-17-19-21-22-23-24-25-26-30-33-39-45-51-57-63-69-75-90(95)103-81-88(109-91(96)76-70-64-58-52-46-40-34-31-28-27-29-32-37-43-48-54-60-66-72-84(5)9-3)83-107-111(100,101)105-79-86(93)78-104-110(98,99)106-82-87(80-102-89(94)74-68-62-56-50-42-20-18-16-14-12-8-2)108-92(97)77-71-65-59-53-47-41-36-35-38-44-49-55-61-67-73-85(6)10-4/h84-88,93H,7-83H2,1-6H3,(H,98,99)(H,100,101)/t84?,85?,86-,87+,88+/m0/s1.